The molecule has 128 valence electrons. The number of anilines is 2. The van der Waals surface area contributed by atoms with Gasteiger partial charge < -0.3 is 14.6 Å². The molecule has 1 aliphatic heterocycles. The average Bonchev–Trinajstić information content (AvgIpc) is 3.21. The summed E-state index contributed by atoms with van der Waals surface area (Å²) in [5, 5.41) is 3.37. The maximum atomic E-state index is 5.40. The lowest BCUT2D eigenvalue weighted by Crippen LogP contribution is -2.31. The van der Waals surface area contributed by atoms with Gasteiger partial charge in [0, 0.05) is 24.7 Å². The van der Waals surface area contributed by atoms with Crippen LogP contribution in [0.2, 0.25) is 0 Å². The van der Waals surface area contributed by atoms with E-state index in [0.29, 0.717) is 6.54 Å². The highest BCUT2D eigenvalue weighted by Crippen LogP contribution is 2.25. The zero-order valence-corrected chi connectivity index (χ0v) is 14.2. The van der Waals surface area contributed by atoms with Crippen LogP contribution in [-0.4, -0.2) is 23.1 Å². The molecule has 0 unspecified atom stereocenters. The molecule has 0 saturated carbocycles. The quantitative estimate of drug-likeness (QED) is 0.752. The smallest absolute Gasteiger partial charge is 0.227 e. The Morgan fingerprint density at radius 3 is 2.56 bits per heavy atom. The minimum atomic E-state index is 0.609. The summed E-state index contributed by atoms with van der Waals surface area (Å²) in [4.78, 5) is 11.9. The molecule has 0 spiro atoms. The van der Waals surface area contributed by atoms with Crippen molar-refractivity contribution in [3.63, 3.8) is 0 Å². The van der Waals surface area contributed by atoms with Crippen molar-refractivity contribution < 1.29 is 4.42 Å². The third-order valence-electron chi connectivity index (χ3n) is 4.45. The molecule has 0 bridgehead atoms. The summed E-state index contributed by atoms with van der Waals surface area (Å²) in [6.07, 6.45) is 5.38. The zero-order valence-electron chi connectivity index (χ0n) is 14.2. The molecule has 1 N–H and O–H groups in total. The maximum Gasteiger partial charge on any atom is 0.227 e. The van der Waals surface area contributed by atoms with Gasteiger partial charge in [0.05, 0.1) is 18.5 Å². The number of hydrogen-bond acceptors (Lipinski definition) is 5. The second-order valence-corrected chi connectivity index (χ2v) is 6.29. The van der Waals surface area contributed by atoms with Gasteiger partial charge in [-0.3, -0.25) is 0 Å². The molecule has 0 atom stereocenters. The van der Waals surface area contributed by atoms with Crippen LogP contribution < -0.4 is 10.2 Å². The molecule has 5 nitrogen and oxygen atoms in total. The highest BCUT2D eigenvalue weighted by Gasteiger charge is 2.16. The third kappa shape index (κ3) is 3.82. The molecule has 3 aromatic rings. The van der Waals surface area contributed by atoms with Gasteiger partial charge >= 0.3 is 0 Å². The summed E-state index contributed by atoms with van der Waals surface area (Å²) in [6.45, 7) is 2.66. The molecule has 1 aliphatic rings. The van der Waals surface area contributed by atoms with Gasteiger partial charge in [0.2, 0.25) is 5.95 Å². The van der Waals surface area contributed by atoms with Crippen molar-refractivity contribution >= 4 is 11.8 Å². The number of rotatable bonds is 5. The Balaban J connectivity index is 1.64. The molecular formula is C20H22N4O. The van der Waals surface area contributed by atoms with Gasteiger partial charge in [-0.2, -0.15) is 4.98 Å². The monoisotopic (exact) mass is 334 g/mol. The van der Waals surface area contributed by atoms with Crippen LogP contribution in [0.4, 0.5) is 11.8 Å². The maximum absolute atomic E-state index is 5.40. The van der Waals surface area contributed by atoms with Gasteiger partial charge in [-0.1, -0.05) is 30.3 Å². The molecule has 5 heteroatoms. The topological polar surface area (TPSA) is 54.2 Å². The summed E-state index contributed by atoms with van der Waals surface area (Å²) in [6, 6.07) is 16.1. The van der Waals surface area contributed by atoms with Crippen molar-refractivity contribution in [2.75, 3.05) is 23.3 Å². The first-order chi connectivity index (χ1) is 12.4. The third-order valence-corrected chi connectivity index (χ3v) is 4.45. The van der Waals surface area contributed by atoms with Gasteiger partial charge in [-0.25, -0.2) is 4.98 Å². The summed E-state index contributed by atoms with van der Waals surface area (Å²) in [7, 11) is 0. The van der Waals surface area contributed by atoms with Crippen molar-refractivity contribution in [2.24, 2.45) is 0 Å². The van der Waals surface area contributed by atoms with E-state index in [2.05, 4.69) is 22.3 Å². The Hall–Kier alpha value is -2.82. The summed E-state index contributed by atoms with van der Waals surface area (Å²) >= 11 is 0. The molecule has 1 aromatic carbocycles. The molecule has 0 aliphatic carbocycles. The fraction of sp³-hybridized carbons (Fsp3) is 0.300. The van der Waals surface area contributed by atoms with E-state index in [9.17, 15) is 0 Å². The van der Waals surface area contributed by atoms with E-state index in [1.165, 1.54) is 19.3 Å². The average molecular weight is 334 g/mol. The minimum absolute atomic E-state index is 0.609. The second-order valence-electron chi connectivity index (χ2n) is 6.29. The van der Waals surface area contributed by atoms with Gasteiger partial charge in [-0.15, -0.1) is 0 Å². The fourth-order valence-electron chi connectivity index (χ4n) is 3.11. The van der Waals surface area contributed by atoms with Crippen molar-refractivity contribution in [2.45, 2.75) is 25.8 Å². The van der Waals surface area contributed by atoms with E-state index in [-0.39, 0.29) is 0 Å². The summed E-state index contributed by atoms with van der Waals surface area (Å²) in [5.41, 5.74) is 2.04. The fourth-order valence-corrected chi connectivity index (χ4v) is 3.11. The van der Waals surface area contributed by atoms with E-state index in [1.807, 2.05) is 36.4 Å². The first-order valence-electron chi connectivity index (χ1n) is 8.84. The van der Waals surface area contributed by atoms with E-state index in [1.54, 1.807) is 6.26 Å². The Morgan fingerprint density at radius 2 is 1.80 bits per heavy atom. The predicted octanol–water partition coefficient (Wildman–Crippen LogP) is 4.34. The summed E-state index contributed by atoms with van der Waals surface area (Å²) < 4.78 is 5.40. The van der Waals surface area contributed by atoms with Crippen LogP contribution in [0.25, 0.3) is 11.3 Å². The van der Waals surface area contributed by atoms with Crippen LogP contribution in [0.15, 0.2) is 59.2 Å². The van der Waals surface area contributed by atoms with Crippen LogP contribution in [0.5, 0.6) is 0 Å². The highest BCUT2D eigenvalue weighted by atomic mass is 16.3. The first-order valence-corrected chi connectivity index (χ1v) is 8.84. The predicted molar refractivity (Wildman–Crippen MR) is 99.6 cm³/mol. The van der Waals surface area contributed by atoms with E-state index in [4.69, 9.17) is 14.4 Å². The van der Waals surface area contributed by atoms with Gasteiger partial charge in [0.1, 0.15) is 11.6 Å². The molecule has 2 aromatic heterocycles. The van der Waals surface area contributed by atoms with Crippen molar-refractivity contribution in [1.82, 2.24) is 9.97 Å². The minimum Gasteiger partial charge on any atom is -0.467 e. The van der Waals surface area contributed by atoms with Crippen LogP contribution in [0, 0.1) is 0 Å². The molecule has 3 heterocycles. The SMILES string of the molecule is c1ccc(-c2cc(NCc3ccco3)nc(N3CCCCC3)n2)cc1. The largest absolute Gasteiger partial charge is 0.467 e. The molecule has 0 radical (unpaired) electrons. The number of nitrogens with zero attached hydrogens (tertiary/aromatic N) is 3. The number of furan rings is 1. The standard InChI is InChI=1S/C20H22N4O/c1-3-8-16(9-4-1)18-14-19(21-15-17-10-7-13-25-17)23-20(22-18)24-11-5-2-6-12-24/h1,3-4,7-10,13-14H,2,5-6,11-12,15H2,(H,21,22,23). The number of nitrogens with one attached hydrogen (secondary N) is 1. The van der Waals surface area contributed by atoms with E-state index >= 15 is 0 Å². The Bertz CT molecular complexity index is 796. The Kier molecular flexibility index (Phi) is 4.63. The lowest BCUT2D eigenvalue weighted by Gasteiger charge is -2.27. The Morgan fingerprint density at radius 1 is 0.960 bits per heavy atom. The second kappa shape index (κ2) is 7.38. The normalized spacial score (nSPS) is 14.5. The van der Waals surface area contributed by atoms with Crippen LogP contribution >= 0.6 is 0 Å². The van der Waals surface area contributed by atoms with Gasteiger partial charge in [0.25, 0.3) is 0 Å². The number of piperidine rings is 1. The lowest BCUT2D eigenvalue weighted by molar-refractivity contribution is 0.517. The van der Waals surface area contributed by atoms with Gasteiger partial charge in [0.15, 0.2) is 0 Å². The van der Waals surface area contributed by atoms with E-state index in [0.717, 1.165) is 41.9 Å². The molecule has 1 fully saturated rings. The lowest BCUT2D eigenvalue weighted by atomic mass is 10.1. The Labute approximate surface area is 147 Å². The van der Waals surface area contributed by atoms with Crippen LogP contribution in [0.1, 0.15) is 25.0 Å². The van der Waals surface area contributed by atoms with Crippen LogP contribution in [0.3, 0.4) is 0 Å². The van der Waals surface area contributed by atoms with Crippen LogP contribution in [-0.2, 0) is 6.54 Å². The van der Waals surface area contributed by atoms with Gasteiger partial charge in [-0.05, 0) is 31.4 Å². The molecule has 25 heavy (non-hydrogen) atoms. The van der Waals surface area contributed by atoms with E-state index < -0.39 is 0 Å². The van der Waals surface area contributed by atoms with Crippen molar-refractivity contribution in [3.8, 4) is 11.3 Å². The summed E-state index contributed by atoms with van der Waals surface area (Å²) in [5.74, 6) is 2.52. The number of aromatic nitrogens is 2. The highest BCUT2D eigenvalue weighted by molar-refractivity contribution is 5.64. The zero-order chi connectivity index (χ0) is 16.9. The number of hydrogen-bond donors (Lipinski definition) is 1. The van der Waals surface area contributed by atoms with Crippen molar-refractivity contribution in [1.29, 1.82) is 0 Å². The van der Waals surface area contributed by atoms with Crippen molar-refractivity contribution in [3.05, 3.63) is 60.6 Å². The molecular weight excluding hydrogens is 312 g/mol. The molecule has 0 amide bonds. The molecule has 4 rings (SSSR count). The first kappa shape index (κ1) is 15.7. The molecule has 1 saturated heterocycles. The number of benzene rings is 1.